The van der Waals surface area contributed by atoms with Crippen molar-refractivity contribution in [3.05, 3.63) is 22.2 Å². The van der Waals surface area contributed by atoms with Crippen LogP contribution in [0.3, 0.4) is 0 Å². The summed E-state index contributed by atoms with van der Waals surface area (Å²) in [6, 6.07) is -0.855. The molecular weight excluding hydrogens is 263 g/mol. The molecule has 1 N–H and O–H groups in total. The summed E-state index contributed by atoms with van der Waals surface area (Å²) in [6.07, 6.45) is -2.20. The lowest BCUT2D eigenvalue weighted by atomic mass is 9.99. The maximum Gasteiger partial charge on any atom is 0.416 e. The molecule has 0 saturated carbocycles. The van der Waals surface area contributed by atoms with Crippen LogP contribution >= 0.6 is 15.9 Å². The maximum absolute atomic E-state index is 12.3. The summed E-state index contributed by atoms with van der Waals surface area (Å²) in [4.78, 5) is 0. The molecule has 0 aromatic carbocycles. The third-order valence-corrected chi connectivity index (χ3v) is 2.69. The summed E-state index contributed by atoms with van der Waals surface area (Å²) in [5, 5.41) is 7.23. The van der Waals surface area contributed by atoms with Crippen LogP contribution in [0.25, 0.3) is 0 Å². The number of nitrogens with zero attached hydrogens (tertiary/aromatic N) is 2. The lowest BCUT2D eigenvalue weighted by Gasteiger charge is -2.20. The molecule has 1 heterocycles. The van der Waals surface area contributed by atoms with Gasteiger partial charge in [0.05, 0.1) is 11.6 Å². The van der Waals surface area contributed by atoms with Crippen LogP contribution in [0.1, 0.15) is 0 Å². The van der Waals surface area contributed by atoms with Gasteiger partial charge in [-0.1, -0.05) is 21.2 Å². The van der Waals surface area contributed by atoms with Gasteiger partial charge in [-0.25, -0.2) is 0 Å². The minimum absolute atomic E-state index is 0.360. The minimum atomic E-state index is -4.33. The fraction of sp³-hybridized carbons (Fsp3) is 0.429. The van der Waals surface area contributed by atoms with Crippen LogP contribution in [-0.2, 0) is 0 Å². The molecule has 2 atom stereocenters. The Hall–Kier alpha value is -0.850. The van der Waals surface area contributed by atoms with Crippen LogP contribution < -0.4 is 5.43 Å². The van der Waals surface area contributed by atoms with E-state index in [9.17, 15) is 13.2 Å². The fourth-order valence-corrected chi connectivity index (χ4v) is 1.93. The Morgan fingerprint density at radius 2 is 2.14 bits per heavy atom. The molecule has 0 amide bonds. The molecule has 0 radical (unpaired) electrons. The molecule has 76 valence electrons. The monoisotopic (exact) mass is 267 g/mol. The lowest BCUT2D eigenvalue weighted by molar-refractivity contribution is -0.0888. The summed E-state index contributed by atoms with van der Waals surface area (Å²) in [5.41, 5.74) is 1.83. The standard InChI is InChI=1S/C7H5BrF3N3/c8-4-1-3(7(9,10)11)2-5-6(4)13-14-12-5/h1-2,5-6H,(H,12,13)/t5-,6-/m0/s1. The highest BCUT2D eigenvalue weighted by Crippen LogP contribution is 2.35. The van der Waals surface area contributed by atoms with E-state index >= 15 is 0 Å². The van der Waals surface area contributed by atoms with E-state index in [4.69, 9.17) is 0 Å². The van der Waals surface area contributed by atoms with Crippen molar-refractivity contribution in [1.29, 1.82) is 0 Å². The Morgan fingerprint density at radius 3 is 2.79 bits per heavy atom. The molecule has 0 fully saturated rings. The van der Waals surface area contributed by atoms with Gasteiger partial charge >= 0.3 is 6.18 Å². The van der Waals surface area contributed by atoms with Crippen molar-refractivity contribution in [2.45, 2.75) is 18.3 Å². The van der Waals surface area contributed by atoms with Gasteiger partial charge in [0.25, 0.3) is 0 Å². The van der Waals surface area contributed by atoms with Crippen molar-refractivity contribution in [2.24, 2.45) is 10.3 Å². The molecule has 7 heteroatoms. The summed E-state index contributed by atoms with van der Waals surface area (Å²) in [7, 11) is 0. The zero-order chi connectivity index (χ0) is 10.3. The molecule has 0 bridgehead atoms. The molecule has 2 aliphatic rings. The first-order chi connectivity index (χ1) is 6.48. The van der Waals surface area contributed by atoms with Gasteiger partial charge in [-0.05, 0) is 12.2 Å². The number of alkyl halides is 3. The van der Waals surface area contributed by atoms with Gasteiger partial charge in [0.1, 0.15) is 6.04 Å². The van der Waals surface area contributed by atoms with Crippen LogP contribution in [0.15, 0.2) is 32.5 Å². The molecule has 0 spiro atoms. The number of hydrogen-bond donors (Lipinski definition) is 1. The molecule has 1 aliphatic carbocycles. The highest BCUT2D eigenvalue weighted by Gasteiger charge is 2.39. The number of nitrogens with one attached hydrogen (secondary N) is 1. The zero-order valence-corrected chi connectivity index (χ0v) is 8.30. The van der Waals surface area contributed by atoms with Gasteiger partial charge in [-0.2, -0.15) is 18.3 Å². The van der Waals surface area contributed by atoms with Crippen LogP contribution in [0.4, 0.5) is 13.2 Å². The number of rotatable bonds is 0. The largest absolute Gasteiger partial charge is 0.416 e. The summed E-state index contributed by atoms with van der Waals surface area (Å²) >= 11 is 3.05. The second kappa shape index (κ2) is 3.08. The van der Waals surface area contributed by atoms with Crippen molar-refractivity contribution < 1.29 is 13.2 Å². The van der Waals surface area contributed by atoms with Crippen molar-refractivity contribution in [3.8, 4) is 0 Å². The van der Waals surface area contributed by atoms with Crippen molar-refractivity contribution in [1.82, 2.24) is 5.43 Å². The number of allylic oxidation sites excluding steroid dienone is 2. The quantitative estimate of drug-likeness (QED) is 0.719. The van der Waals surface area contributed by atoms with E-state index < -0.39 is 17.8 Å². The highest BCUT2D eigenvalue weighted by molar-refractivity contribution is 9.11. The summed E-state index contributed by atoms with van der Waals surface area (Å²) in [6.45, 7) is 0. The Bertz CT molecular complexity index is 345. The third-order valence-electron chi connectivity index (χ3n) is 1.99. The second-order valence-corrected chi connectivity index (χ2v) is 3.88. The number of fused-ring (bicyclic) bond motifs is 1. The average molecular weight is 268 g/mol. The fourth-order valence-electron chi connectivity index (χ4n) is 1.31. The van der Waals surface area contributed by atoms with Crippen LogP contribution in [-0.4, -0.2) is 18.3 Å². The van der Waals surface area contributed by atoms with Gasteiger partial charge < -0.3 is 0 Å². The Kier molecular flexibility index (Phi) is 2.13. The molecule has 0 aromatic rings. The summed E-state index contributed by atoms with van der Waals surface area (Å²) < 4.78 is 37.4. The Morgan fingerprint density at radius 1 is 1.43 bits per heavy atom. The molecule has 3 nitrogen and oxygen atoms in total. The Labute approximate surface area is 85.9 Å². The van der Waals surface area contributed by atoms with Crippen LogP contribution in [0.5, 0.6) is 0 Å². The lowest BCUT2D eigenvalue weighted by Crippen LogP contribution is -2.33. The molecule has 1 aliphatic heterocycles. The predicted octanol–water partition coefficient (Wildman–Crippen LogP) is 2.48. The topological polar surface area (TPSA) is 36.8 Å². The molecule has 14 heavy (non-hydrogen) atoms. The van der Waals surface area contributed by atoms with Crippen LogP contribution in [0.2, 0.25) is 0 Å². The van der Waals surface area contributed by atoms with Gasteiger partial charge in [0, 0.05) is 4.48 Å². The van der Waals surface area contributed by atoms with E-state index in [1.54, 1.807) is 0 Å². The van der Waals surface area contributed by atoms with Crippen molar-refractivity contribution >= 4 is 15.9 Å². The van der Waals surface area contributed by atoms with Gasteiger partial charge in [0.2, 0.25) is 0 Å². The first-order valence-corrected chi connectivity index (χ1v) is 4.59. The van der Waals surface area contributed by atoms with Crippen molar-refractivity contribution in [2.75, 3.05) is 0 Å². The van der Waals surface area contributed by atoms with E-state index in [-0.39, 0.29) is 6.04 Å². The van der Waals surface area contributed by atoms with E-state index in [2.05, 4.69) is 31.7 Å². The Balaban J connectivity index is 2.32. The SMILES string of the molecule is FC(F)(F)C1=C[C@@H]2NN=N[C@H]2C(Br)=C1. The maximum atomic E-state index is 12.3. The molecule has 0 aromatic heterocycles. The van der Waals surface area contributed by atoms with Crippen molar-refractivity contribution in [3.63, 3.8) is 0 Å². The number of hydrogen-bond acceptors (Lipinski definition) is 3. The van der Waals surface area contributed by atoms with E-state index in [1.807, 2.05) is 0 Å². The third kappa shape index (κ3) is 1.56. The van der Waals surface area contributed by atoms with Gasteiger partial charge in [-0.15, -0.1) is 0 Å². The molecule has 0 unspecified atom stereocenters. The zero-order valence-electron chi connectivity index (χ0n) is 6.72. The van der Waals surface area contributed by atoms with Crippen LogP contribution in [0, 0.1) is 0 Å². The van der Waals surface area contributed by atoms with E-state index in [0.717, 1.165) is 12.2 Å². The smallest absolute Gasteiger partial charge is 0.282 e. The number of halogens is 4. The molecule has 2 rings (SSSR count). The van der Waals surface area contributed by atoms with E-state index in [0.29, 0.717) is 4.48 Å². The highest BCUT2D eigenvalue weighted by atomic mass is 79.9. The van der Waals surface area contributed by atoms with Gasteiger partial charge in [0.15, 0.2) is 0 Å². The second-order valence-electron chi connectivity index (χ2n) is 2.96. The average Bonchev–Trinajstić information content (AvgIpc) is 2.50. The van der Waals surface area contributed by atoms with Gasteiger partial charge in [-0.3, -0.25) is 5.43 Å². The minimum Gasteiger partial charge on any atom is -0.282 e. The first kappa shape index (κ1) is 9.70. The normalized spacial score (nSPS) is 30.6. The summed E-state index contributed by atoms with van der Waals surface area (Å²) in [5.74, 6) is 0. The first-order valence-electron chi connectivity index (χ1n) is 3.80. The van der Waals surface area contributed by atoms with E-state index in [1.165, 1.54) is 0 Å². The predicted molar refractivity (Wildman–Crippen MR) is 46.7 cm³/mol. The molecular formula is C7H5BrF3N3. The molecule has 0 saturated heterocycles.